The second-order valence-corrected chi connectivity index (χ2v) is 7.05. The fraction of sp³-hybridized carbons (Fsp3) is 0.500. The van der Waals surface area contributed by atoms with Gasteiger partial charge in [0.2, 0.25) is 16.1 Å². The van der Waals surface area contributed by atoms with Gasteiger partial charge in [-0.15, -0.1) is 0 Å². The third-order valence-corrected chi connectivity index (χ3v) is 5.56. The van der Waals surface area contributed by atoms with Gasteiger partial charge in [-0.25, -0.2) is 18.2 Å². The number of rotatable bonds is 3. The molecule has 0 aliphatic carbocycles. The van der Waals surface area contributed by atoms with Crippen molar-refractivity contribution in [2.45, 2.75) is 37.6 Å². The van der Waals surface area contributed by atoms with Gasteiger partial charge in [-0.05, 0) is 43.9 Å². The molecule has 1 fully saturated rings. The minimum Gasteiger partial charge on any atom is -0.211 e. The topological polar surface area (TPSA) is 66.8 Å². The van der Waals surface area contributed by atoms with Crippen LogP contribution in [0.15, 0.2) is 28.1 Å². The van der Waals surface area contributed by atoms with Gasteiger partial charge in [0.15, 0.2) is 0 Å². The van der Waals surface area contributed by atoms with Crippen LogP contribution in [0.2, 0.25) is 0 Å². The van der Waals surface area contributed by atoms with Crippen molar-refractivity contribution in [2.24, 2.45) is 4.99 Å². The average Bonchev–Trinajstić information content (AvgIpc) is 2.42. The number of hydrogen-bond acceptors (Lipinski definition) is 4. The van der Waals surface area contributed by atoms with Gasteiger partial charge in [-0.1, -0.05) is 12.1 Å². The summed E-state index contributed by atoms with van der Waals surface area (Å²) in [6, 6.07) is 5.12. The van der Waals surface area contributed by atoms with Crippen LogP contribution >= 0.6 is 0 Å². The molecule has 2 rings (SSSR count). The summed E-state index contributed by atoms with van der Waals surface area (Å²) < 4.78 is 26.8. The van der Waals surface area contributed by atoms with Gasteiger partial charge in [-0.3, -0.25) is 0 Å². The largest absolute Gasteiger partial charge is 0.243 e. The van der Waals surface area contributed by atoms with E-state index < -0.39 is 10.0 Å². The van der Waals surface area contributed by atoms with Crippen LogP contribution in [0, 0.1) is 13.8 Å². The van der Waals surface area contributed by atoms with Crippen molar-refractivity contribution in [3.8, 4) is 0 Å². The third-order valence-electron chi connectivity index (χ3n) is 3.56. The Kier molecular flexibility index (Phi) is 4.38. The Morgan fingerprint density at radius 1 is 1.35 bits per heavy atom. The van der Waals surface area contributed by atoms with Crippen LogP contribution in [0.25, 0.3) is 0 Å². The van der Waals surface area contributed by atoms with Crippen molar-refractivity contribution in [1.82, 2.24) is 4.31 Å². The van der Waals surface area contributed by atoms with Crippen LogP contribution in [0.5, 0.6) is 0 Å². The molecule has 1 aromatic carbocycles. The van der Waals surface area contributed by atoms with Gasteiger partial charge in [-0.2, -0.15) is 4.31 Å². The maximum atomic E-state index is 12.7. The number of benzene rings is 1. The number of sulfonamides is 1. The number of aryl methyl sites for hydroxylation is 2. The minimum absolute atomic E-state index is 0.255. The molecule has 0 bridgehead atoms. The molecule has 1 unspecified atom stereocenters. The lowest BCUT2D eigenvalue weighted by Gasteiger charge is -2.29. The van der Waals surface area contributed by atoms with Gasteiger partial charge < -0.3 is 0 Å². The van der Waals surface area contributed by atoms with Crippen LogP contribution in [-0.2, 0) is 14.8 Å². The number of piperidine rings is 1. The molecule has 0 saturated carbocycles. The zero-order valence-electron chi connectivity index (χ0n) is 11.7. The average molecular weight is 294 g/mol. The highest BCUT2D eigenvalue weighted by Crippen LogP contribution is 2.25. The summed E-state index contributed by atoms with van der Waals surface area (Å²) in [5.41, 5.74) is 1.64. The molecule has 1 aromatic rings. The van der Waals surface area contributed by atoms with E-state index in [1.54, 1.807) is 13.0 Å². The Morgan fingerprint density at radius 3 is 2.80 bits per heavy atom. The van der Waals surface area contributed by atoms with Crippen molar-refractivity contribution in [3.63, 3.8) is 0 Å². The van der Waals surface area contributed by atoms with Gasteiger partial charge >= 0.3 is 0 Å². The van der Waals surface area contributed by atoms with Crippen LogP contribution < -0.4 is 0 Å². The second-order valence-electron chi connectivity index (χ2n) is 5.15. The molecule has 5 nitrogen and oxygen atoms in total. The molecule has 0 amide bonds. The molecule has 1 aliphatic rings. The Bertz CT molecular complexity index is 648. The second kappa shape index (κ2) is 5.87. The van der Waals surface area contributed by atoms with E-state index in [4.69, 9.17) is 0 Å². The summed E-state index contributed by atoms with van der Waals surface area (Å²) in [6.07, 6.45) is 2.96. The van der Waals surface area contributed by atoms with Crippen LogP contribution in [0.4, 0.5) is 0 Å². The molecule has 1 atom stereocenters. The van der Waals surface area contributed by atoms with Crippen molar-refractivity contribution in [3.05, 3.63) is 29.3 Å². The van der Waals surface area contributed by atoms with Crippen molar-refractivity contribution in [2.75, 3.05) is 13.1 Å². The van der Waals surface area contributed by atoms with E-state index in [1.165, 1.54) is 10.4 Å². The first-order valence-electron chi connectivity index (χ1n) is 6.59. The zero-order valence-corrected chi connectivity index (χ0v) is 12.5. The first kappa shape index (κ1) is 14.9. The molecule has 1 saturated heterocycles. The van der Waals surface area contributed by atoms with E-state index in [9.17, 15) is 13.2 Å². The highest BCUT2D eigenvalue weighted by atomic mass is 32.2. The molecule has 1 heterocycles. The molecule has 1 aliphatic heterocycles. The van der Waals surface area contributed by atoms with Crippen LogP contribution in [-0.4, -0.2) is 37.9 Å². The molecule has 6 heteroatoms. The summed E-state index contributed by atoms with van der Waals surface area (Å²) in [4.78, 5) is 14.3. The lowest BCUT2D eigenvalue weighted by atomic mass is 10.1. The SMILES string of the molecule is Cc1ccc(C)c(S(=O)(=O)N2CCCC(N=C=O)C2)c1. The van der Waals surface area contributed by atoms with E-state index in [1.807, 2.05) is 19.1 Å². The maximum absolute atomic E-state index is 12.7. The number of hydrogen-bond donors (Lipinski definition) is 0. The molecule has 0 spiro atoms. The van der Waals surface area contributed by atoms with Gasteiger partial charge in [0, 0.05) is 13.1 Å². The molecule has 0 N–H and O–H groups in total. The molecule has 108 valence electrons. The molecule has 0 aromatic heterocycles. The quantitative estimate of drug-likeness (QED) is 0.630. The first-order valence-corrected chi connectivity index (χ1v) is 8.03. The predicted molar refractivity (Wildman–Crippen MR) is 75.8 cm³/mol. The molecule has 0 radical (unpaired) electrons. The Hall–Kier alpha value is -1.49. The van der Waals surface area contributed by atoms with Crippen molar-refractivity contribution < 1.29 is 13.2 Å². The summed E-state index contributed by atoms with van der Waals surface area (Å²) in [7, 11) is -3.52. The predicted octanol–water partition coefficient (Wildman–Crippen LogP) is 1.79. The summed E-state index contributed by atoms with van der Waals surface area (Å²) in [6.45, 7) is 4.39. The number of aliphatic imine (C=N–C) groups is 1. The van der Waals surface area contributed by atoms with Crippen LogP contribution in [0.3, 0.4) is 0 Å². The highest BCUT2D eigenvalue weighted by molar-refractivity contribution is 7.89. The lowest BCUT2D eigenvalue weighted by molar-refractivity contribution is 0.316. The summed E-state index contributed by atoms with van der Waals surface area (Å²) >= 11 is 0. The third kappa shape index (κ3) is 2.98. The lowest BCUT2D eigenvalue weighted by Crippen LogP contribution is -2.41. The van der Waals surface area contributed by atoms with E-state index in [0.29, 0.717) is 17.9 Å². The minimum atomic E-state index is -3.52. The molecule has 20 heavy (non-hydrogen) atoms. The van der Waals surface area contributed by atoms with Crippen molar-refractivity contribution >= 4 is 16.1 Å². The highest BCUT2D eigenvalue weighted by Gasteiger charge is 2.31. The van der Waals surface area contributed by atoms with E-state index in [0.717, 1.165) is 17.5 Å². The Morgan fingerprint density at radius 2 is 2.10 bits per heavy atom. The number of nitrogens with zero attached hydrogens (tertiary/aromatic N) is 2. The first-order chi connectivity index (χ1) is 9.45. The summed E-state index contributed by atoms with van der Waals surface area (Å²) in [5.74, 6) is 0. The monoisotopic (exact) mass is 294 g/mol. The van der Waals surface area contributed by atoms with Crippen LogP contribution in [0.1, 0.15) is 24.0 Å². The van der Waals surface area contributed by atoms with Crippen molar-refractivity contribution in [1.29, 1.82) is 0 Å². The van der Waals surface area contributed by atoms with Gasteiger partial charge in [0.05, 0.1) is 10.9 Å². The number of carbonyl (C=O) groups excluding carboxylic acids is 1. The smallest absolute Gasteiger partial charge is 0.211 e. The Balaban J connectivity index is 2.34. The molecular weight excluding hydrogens is 276 g/mol. The van der Waals surface area contributed by atoms with E-state index in [2.05, 4.69) is 4.99 Å². The van der Waals surface area contributed by atoms with E-state index in [-0.39, 0.29) is 12.6 Å². The fourth-order valence-electron chi connectivity index (χ4n) is 2.44. The van der Waals surface area contributed by atoms with E-state index >= 15 is 0 Å². The maximum Gasteiger partial charge on any atom is 0.243 e. The fourth-order valence-corrected chi connectivity index (χ4v) is 4.27. The van der Waals surface area contributed by atoms with Gasteiger partial charge in [0.25, 0.3) is 0 Å². The zero-order chi connectivity index (χ0) is 14.8. The Labute approximate surface area is 119 Å². The summed E-state index contributed by atoms with van der Waals surface area (Å²) in [5, 5.41) is 0. The van der Waals surface area contributed by atoms with Gasteiger partial charge in [0.1, 0.15) is 0 Å². The standard InChI is InChI=1S/C14H18N2O3S/c1-11-5-6-12(2)14(8-11)20(18,19)16-7-3-4-13(9-16)15-10-17/h5-6,8,13H,3-4,7,9H2,1-2H3. The normalized spacial score (nSPS) is 20.4. The molecular formula is C14H18N2O3S. The number of isocyanates is 1.